The van der Waals surface area contributed by atoms with E-state index in [0.717, 1.165) is 12.0 Å². The van der Waals surface area contributed by atoms with Crippen LogP contribution in [0.15, 0.2) is 36.9 Å². The third-order valence-corrected chi connectivity index (χ3v) is 4.10. The van der Waals surface area contributed by atoms with Gasteiger partial charge in [0.25, 0.3) is 0 Å². The highest BCUT2D eigenvalue weighted by Gasteiger charge is 2.34. The molecule has 1 aliphatic rings. The van der Waals surface area contributed by atoms with Crippen LogP contribution in [0.2, 0.25) is 0 Å². The topological polar surface area (TPSA) is 69.7 Å². The van der Waals surface area contributed by atoms with Gasteiger partial charge in [0.05, 0.1) is 6.42 Å². The van der Waals surface area contributed by atoms with Gasteiger partial charge in [-0.15, -0.1) is 0 Å². The number of carbonyl (C=O) groups excluding carboxylic acids is 3. The minimum atomic E-state index is -0.387. The molecule has 24 heavy (non-hydrogen) atoms. The van der Waals surface area contributed by atoms with Crippen molar-refractivity contribution in [1.82, 2.24) is 9.80 Å². The van der Waals surface area contributed by atoms with Crippen molar-refractivity contribution in [1.29, 1.82) is 0 Å². The van der Waals surface area contributed by atoms with Gasteiger partial charge in [0.1, 0.15) is 6.04 Å². The number of benzene rings is 1. The molecule has 6 nitrogen and oxygen atoms in total. The maximum Gasteiger partial charge on any atom is 0.247 e. The minimum Gasteiger partial charge on any atom is -0.347 e. The Morgan fingerprint density at radius 1 is 1.33 bits per heavy atom. The van der Waals surface area contributed by atoms with Gasteiger partial charge in [-0.1, -0.05) is 24.8 Å². The molecule has 0 aliphatic carbocycles. The summed E-state index contributed by atoms with van der Waals surface area (Å²) < 4.78 is 0. The molecule has 2 rings (SSSR count). The molecular weight excluding hydrogens is 306 g/mol. The number of nitrogens with zero attached hydrogens (tertiary/aromatic N) is 2. The molecule has 1 heterocycles. The summed E-state index contributed by atoms with van der Waals surface area (Å²) in [4.78, 5) is 39.6. The van der Waals surface area contributed by atoms with Crippen LogP contribution in [0.3, 0.4) is 0 Å². The third kappa shape index (κ3) is 4.01. The second kappa shape index (κ2) is 7.77. The summed E-state index contributed by atoms with van der Waals surface area (Å²) >= 11 is 0. The lowest BCUT2D eigenvalue weighted by Gasteiger charge is -2.26. The number of amides is 3. The van der Waals surface area contributed by atoms with Gasteiger partial charge in [0, 0.05) is 26.3 Å². The van der Waals surface area contributed by atoms with E-state index in [0.29, 0.717) is 18.7 Å². The van der Waals surface area contributed by atoms with Crippen LogP contribution in [0, 0.1) is 0 Å². The van der Waals surface area contributed by atoms with Crippen LogP contribution >= 0.6 is 0 Å². The number of para-hydroxylation sites is 1. The lowest BCUT2D eigenvalue weighted by Crippen LogP contribution is -2.46. The second-order valence-corrected chi connectivity index (χ2v) is 6.01. The van der Waals surface area contributed by atoms with Crippen molar-refractivity contribution < 1.29 is 14.4 Å². The van der Waals surface area contributed by atoms with Crippen molar-refractivity contribution in [3.05, 3.63) is 42.5 Å². The number of likely N-dealkylation sites (N-methyl/N-ethyl adjacent to an activating group) is 1. The van der Waals surface area contributed by atoms with E-state index in [1.54, 1.807) is 37.2 Å². The molecular formula is C18H23N3O3. The predicted molar refractivity (Wildman–Crippen MR) is 92.4 cm³/mol. The highest BCUT2D eigenvalue weighted by molar-refractivity contribution is 6.00. The molecule has 1 N–H and O–H groups in total. The number of hydrogen-bond acceptors (Lipinski definition) is 3. The van der Waals surface area contributed by atoms with Gasteiger partial charge < -0.3 is 15.1 Å². The van der Waals surface area contributed by atoms with Crippen LogP contribution < -0.4 is 5.32 Å². The molecule has 0 saturated carbocycles. The van der Waals surface area contributed by atoms with Gasteiger partial charge in [-0.05, 0) is 30.5 Å². The maximum absolute atomic E-state index is 12.7. The molecule has 3 amide bonds. The Balaban J connectivity index is 2.13. The summed E-state index contributed by atoms with van der Waals surface area (Å²) in [7, 11) is 3.40. The van der Waals surface area contributed by atoms with E-state index in [2.05, 4.69) is 11.9 Å². The molecule has 0 aromatic heterocycles. The molecule has 0 radical (unpaired) electrons. The smallest absolute Gasteiger partial charge is 0.247 e. The highest BCUT2D eigenvalue weighted by atomic mass is 16.2. The molecule has 1 fully saturated rings. The highest BCUT2D eigenvalue weighted by Crippen LogP contribution is 2.22. The molecule has 6 heteroatoms. The Hall–Kier alpha value is -2.63. The molecule has 0 spiro atoms. The summed E-state index contributed by atoms with van der Waals surface area (Å²) in [5.74, 6) is -0.473. The van der Waals surface area contributed by atoms with Gasteiger partial charge in [-0.3, -0.25) is 14.4 Å². The summed E-state index contributed by atoms with van der Waals surface area (Å²) in [5.41, 5.74) is 1.31. The normalized spacial score (nSPS) is 16.6. The summed E-state index contributed by atoms with van der Waals surface area (Å²) in [5, 5.41) is 2.71. The first-order valence-corrected chi connectivity index (χ1v) is 7.96. The van der Waals surface area contributed by atoms with Crippen molar-refractivity contribution in [2.75, 3.05) is 26.0 Å². The van der Waals surface area contributed by atoms with Gasteiger partial charge >= 0.3 is 0 Å². The fourth-order valence-corrected chi connectivity index (χ4v) is 2.86. The Bertz CT molecular complexity index is 655. The van der Waals surface area contributed by atoms with Crippen LogP contribution in [0.25, 0.3) is 0 Å². The van der Waals surface area contributed by atoms with E-state index in [4.69, 9.17) is 0 Å². The molecule has 1 aromatic carbocycles. The van der Waals surface area contributed by atoms with Crippen LogP contribution in [0.4, 0.5) is 5.69 Å². The SMILES string of the molecule is C=CC(=O)Nc1ccccc1CC(=O)N1CCCC1C(=O)N(C)C. The average molecular weight is 329 g/mol. The molecule has 0 bridgehead atoms. The first-order chi connectivity index (χ1) is 11.4. The first-order valence-electron chi connectivity index (χ1n) is 7.96. The quantitative estimate of drug-likeness (QED) is 0.831. The molecule has 1 aromatic rings. The van der Waals surface area contributed by atoms with Crippen molar-refractivity contribution in [2.24, 2.45) is 0 Å². The number of hydrogen-bond donors (Lipinski definition) is 1. The van der Waals surface area contributed by atoms with E-state index in [9.17, 15) is 14.4 Å². The molecule has 1 saturated heterocycles. The Morgan fingerprint density at radius 3 is 2.71 bits per heavy atom. The number of likely N-dealkylation sites (tertiary alicyclic amines) is 1. The lowest BCUT2D eigenvalue weighted by atomic mass is 10.1. The van der Waals surface area contributed by atoms with E-state index < -0.39 is 0 Å². The fraction of sp³-hybridized carbons (Fsp3) is 0.389. The monoisotopic (exact) mass is 329 g/mol. The largest absolute Gasteiger partial charge is 0.347 e. The Labute approximate surface area is 142 Å². The Morgan fingerprint density at radius 2 is 2.04 bits per heavy atom. The number of nitrogens with one attached hydrogen (secondary N) is 1. The van der Waals surface area contributed by atoms with Crippen molar-refractivity contribution in [2.45, 2.75) is 25.3 Å². The lowest BCUT2D eigenvalue weighted by molar-refractivity contribution is -0.141. The van der Waals surface area contributed by atoms with Crippen molar-refractivity contribution >= 4 is 23.4 Å². The Kier molecular flexibility index (Phi) is 5.73. The number of anilines is 1. The van der Waals surface area contributed by atoms with Gasteiger partial charge in [0.15, 0.2) is 0 Å². The standard InChI is InChI=1S/C18H23N3O3/c1-4-16(22)19-14-9-6-5-8-13(14)12-17(23)21-11-7-10-15(21)18(24)20(2)3/h4-6,8-9,15H,1,7,10-12H2,2-3H3,(H,19,22). The van der Waals surface area contributed by atoms with E-state index in [-0.39, 0.29) is 30.2 Å². The number of rotatable bonds is 5. The van der Waals surface area contributed by atoms with Gasteiger partial charge in [0.2, 0.25) is 17.7 Å². The van der Waals surface area contributed by atoms with Crippen molar-refractivity contribution in [3.8, 4) is 0 Å². The van der Waals surface area contributed by atoms with E-state index >= 15 is 0 Å². The zero-order chi connectivity index (χ0) is 17.7. The maximum atomic E-state index is 12.7. The van der Waals surface area contributed by atoms with E-state index in [1.807, 2.05) is 6.07 Å². The molecule has 128 valence electrons. The fourth-order valence-electron chi connectivity index (χ4n) is 2.86. The van der Waals surface area contributed by atoms with Crippen LogP contribution in [-0.4, -0.2) is 54.2 Å². The average Bonchev–Trinajstić information content (AvgIpc) is 3.05. The minimum absolute atomic E-state index is 0.0471. The summed E-state index contributed by atoms with van der Waals surface area (Å²) in [6, 6.07) is 6.77. The predicted octanol–water partition coefficient (Wildman–Crippen LogP) is 1.43. The zero-order valence-electron chi connectivity index (χ0n) is 14.1. The molecule has 1 aliphatic heterocycles. The third-order valence-electron chi connectivity index (χ3n) is 4.10. The molecule has 1 unspecified atom stereocenters. The van der Waals surface area contributed by atoms with Gasteiger partial charge in [-0.25, -0.2) is 0 Å². The zero-order valence-corrected chi connectivity index (χ0v) is 14.1. The first kappa shape index (κ1) is 17.7. The van der Waals surface area contributed by atoms with Crippen LogP contribution in [-0.2, 0) is 20.8 Å². The summed E-state index contributed by atoms with van der Waals surface area (Å²) in [6.45, 7) is 4.01. The molecule has 1 atom stereocenters. The van der Waals surface area contributed by atoms with Crippen LogP contribution in [0.1, 0.15) is 18.4 Å². The van der Waals surface area contributed by atoms with E-state index in [1.165, 1.54) is 11.0 Å². The summed E-state index contributed by atoms with van der Waals surface area (Å²) in [6.07, 6.45) is 2.85. The van der Waals surface area contributed by atoms with Crippen molar-refractivity contribution in [3.63, 3.8) is 0 Å². The van der Waals surface area contributed by atoms with Gasteiger partial charge in [-0.2, -0.15) is 0 Å². The van der Waals surface area contributed by atoms with Crippen LogP contribution in [0.5, 0.6) is 0 Å². The number of carbonyl (C=O) groups is 3. The second-order valence-electron chi connectivity index (χ2n) is 6.01.